The van der Waals surface area contributed by atoms with E-state index < -0.39 is 11.5 Å². The van der Waals surface area contributed by atoms with Crippen molar-refractivity contribution in [2.45, 2.75) is 57.9 Å². The lowest BCUT2D eigenvalue weighted by atomic mass is 9.70. The third-order valence-corrected chi connectivity index (χ3v) is 8.68. The van der Waals surface area contributed by atoms with Gasteiger partial charge in [0.25, 0.3) is 0 Å². The smallest absolute Gasteiger partial charge is 0.338 e. The summed E-state index contributed by atoms with van der Waals surface area (Å²) >= 11 is 0. The highest BCUT2D eigenvalue weighted by Crippen LogP contribution is 2.49. The SMILES string of the molecule is CC1=C(N2CCC3(C[C@H]4COC[C@@H](C3)N4C[C@H](O)c3ccc4c(c3C)COC4=O)C2=O)COC1=O. The minimum Gasteiger partial charge on any atom is -0.457 e. The molecule has 0 radical (unpaired) electrons. The second kappa shape index (κ2) is 8.15. The summed E-state index contributed by atoms with van der Waals surface area (Å²) in [7, 11) is 0. The van der Waals surface area contributed by atoms with Gasteiger partial charge in [-0.15, -0.1) is 0 Å². The molecule has 3 fully saturated rings. The van der Waals surface area contributed by atoms with E-state index in [1.165, 1.54) is 0 Å². The summed E-state index contributed by atoms with van der Waals surface area (Å²) in [5.41, 5.74) is 3.88. The molecule has 1 spiro atoms. The number of fused-ring (bicyclic) bond motifs is 3. The average Bonchev–Trinajstić information content (AvgIpc) is 3.46. The number of amides is 1. The quantitative estimate of drug-likeness (QED) is 0.646. The van der Waals surface area contributed by atoms with E-state index in [-0.39, 0.29) is 43.1 Å². The zero-order chi connectivity index (χ0) is 24.5. The van der Waals surface area contributed by atoms with Crippen molar-refractivity contribution in [1.29, 1.82) is 0 Å². The molecular weight excluding hydrogens is 452 g/mol. The van der Waals surface area contributed by atoms with Gasteiger partial charge >= 0.3 is 11.9 Å². The predicted octanol–water partition coefficient (Wildman–Crippen LogP) is 1.61. The molecule has 6 rings (SSSR count). The summed E-state index contributed by atoms with van der Waals surface area (Å²) in [6.45, 7) is 6.13. The summed E-state index contributed by atoms with van der Waals surface area (Å²) in [5.74, 6) is -0.575. The molecule has 1 N–H and O–H groups in total. The molecule has 1 amide bonds. The van der Waals surface area contributed by atoms with E-state index in [1.807, 2.05) is 13.0 Å². The molecule has 2 bridgehead atoms. The Morgan fingerprint density at radius 2 is 1.77 bits per heavy atom. The van der Waals surface area contributed by atoms with Gasteiger partial charge in [0.05, 0.1) is 41.6 Å². The first kappa shape index (κ1) is 22.7. The van der Waals surface area contributed by atoms with Crippen LogP contribution in [0.25, 0.3) is 0 Å². The average molecular weight is 483 g/mol. The van der Waals surface area contributed by atoms with Gasteiger partial charge in [0.2, 0.25) is 5.91 Å². The topological polar surface area (TPSA) is 106 Å². The van der Waals surface area contributed by atoms with Crippen LogP contribution in [0.3, 0.4) is 0 Å². The molecule has 35 heavy (non-hydrogen) atoms. The number of nitrogens with zero attached hydrogens (tertiary/aromatic N) is 2. The standard InChI is InChI=1S/C26H30N2O7/c1-14-18(3-4-19-20(14)12-34-24(19)31)22(29)9-28-16-7-26(8-17(28)11-33-10-16)5-6-27(25(26)32)21-13-35-23(30)15(21)2/h3-4,16-17,22,29H,5-13H2,1-2H3/t16-,17+,22-,26?/m0/s1. The fraction of sp³-hybridized carbons (Fsp3) is 0.577. The summed E-state index contributed by atoms with van der Waals surface area (Å²) < 4.78 is 16.2. The molecule has 4 atom stereocenters. The zero-order valence-electron chi connectivity index (χ0n) is 20.0. The molecular formula is C26H30N2O7. The van der Waals surface area contributed by atoms with Crippen LogP contribution in [0.15, 0.2) is 23.4 Å². The molecule has 5 heterocycles. The molecule has 1 aromatic carbocycles. The van der Waals surface area contributed by atoms with E-state index in [2.05, 4.69) is 4.90 Å². The summed E-state index contributed by atoms with van der Waals surface area (Å²) in [5, 5.41) is 11.2. The van der Waals surface area contributed by atoms with E-state index in [1.54, 1.807) is 17.9 Å². The van der Waals surface area contributed by atoms with Crippen molar-refractivity contribution < 1.29 is 33.7 Å². The number of rotatable bonds is 4. The molecule has 9 nitrogen and oxygen atoms in total. The van der Waals surface area contributed by atoms with Crippen LogP contribution in [0, 0.1) is 12.3 Å². The van der Waals surface area contributed by atoms with Crippen molar-refractivity contribution >= 4 is 17.8 Å². The Morgan fingerprint density at radius 3 is 2.46 bits per heavy atom. The number of hydrogen-bond donors (Lipinski definition) is 1. The number of cyclic esters (lactones) is 2. The van der Waals surface area contributed by atoms with Crippen LogP contribution < -0.4 is 0 Å². The Labute approximate surface area is 203 Å². The molecule has 0 aliphatic carbocycles. The number of esters is 2. The zero-order valence-corrected chi connectivity index (χ0v) is 20.0. The fourth-order valence-electron chi connectivity index (χ4n) is 6.70. The van der Waals surface area contributed by atoms with Crippen LogP contribution in [0.5, 0.6) is 0 Å². The van der Waals surface area contributed by atoms with Crippen molar-refractivity contribution in [3.05, 3.63) is 45.7 Å². The maximum atomic E-state index is 13.7. The number of aliphatic hydroxyl groups is 1. The van der Waals surface area contributed by atoms with Crippen molar-refractivity contribution in [2.75, 3.05) is 32.9 Å². The number of ether oxygens (including phenoxy) is 3. The second-order valence-electron chi connectivity index (χ2n) is 10.5. The number of likely N-dealkylation sites (tertiary alicyclic amines) is 1. The van der Waals surface area contributed by atoms with Gasteiger partial charge in [-0.05, 0) is 50.3 Å². The van der Waals surface area contributed by atoms with Gasteiger partial charge in [-0.3, -0.25) is 9.69 Å². The highest BCUT2D eigenvalue weighted by molar-refractivity contribution is 5.94. The van der Waals surface area contributed by atoms with E-state index in [0.717, 1.165) is 23.1 Å². The lowest BCUT2D eigenvalue weighted by molar-refractivity contribution is -0.152. The first-order valence-electron chi connectivity index (χ1n) is 12.3. The molecule has 9 heteroatoms. The molecule has 1 unspecified atom stereocenters. The number of morpholine rings is 1. The number of hydrogen-bond acceptors (Lipinski definition) is 8. The van der Waals surface area contributed by atoms with Gasteiger partial charge in [0, 0.05) is 30.7 Å². The first-order valence-corrected chi connectivity index (χ1v) is 12.3. The third-order valence-electron chi connectivity index (χ3n) is 8.68. The molecule has 0 saturated carbocycles. The maximum Gasteiger partial charge on any atom is 0.338 e. The number of benzene rings is 1. The van der Waals surface area contributed by atoms with Crippen LogP contribution >= 0.6 is 0 Å². The monoisotopic (exact) mass is 482 g/mol. The second-order valence-corrected chi connectivity index (χ2v) is 10.5. The molecule has 3 saturated heterocycles. The third kappa shape index (κ3) is 3.43. The van der Waals surface area contributed by atoms with Gasteiger partial charge in [0.1, 0.15) is 13.2 Å². The van der Waals surface area contributed by atoms with Gasteiger partial charge in [-0.2, -0.15) is 0 Å². The summed E-state index contributed by atoms with van der Waals surface area (Å²) in [6.07, 6.45) is 1.35. The first-order chi connectivity index (χ1) is 16.8. The maximum absolute atomic E-state index is 13.7. The molecule has 5 aliphatic rings. The van der Waals surface area contributed by atoms with Crippen molar-refractivity contribution in [3.8, 4) is 0 Å². The highest BCUT2D eigenvalue weighted by Gasteiger charge is 2.56. The molecule has 5 aliphatic heterocycles. The Kier molecular flexibility index (Phi) is 5.28. The van der Waals surface area contributed by atoms with Gasteiger partial charge in [-0.1, -0.05) is 6.07 Å². The number of aliphatic hydroxyl groups excluding tert-OH is 1. The van der Waals surface area contributed by atoms with Crippen LogP contribution in [-0.4, -0.2) is 77.7 Å². The van der Waals surface area contributed by atoms with Crippen LogP contribution in [0.4, 0.5) is 0 Å². The fourth-order valence-corrected chi connectivity index (χ4v) is 6.70. The molecule has 186 valence electrons. The van der Waals surface area contributed by atoms with Crippen LogP contribution in [0.1, 0.15) is 59.3 Å². The lowest BCUT2D eigenvalue weighted by Crippen LogP contribution is -2.61. The normalized spacial score (nSPS) is 31.3. The number of piperidine rings is 1. The van der Waals surface area contributed by atoms with Crippen LogP contribution in [0.2, 0.25) is 0 Å². The summed E-state index contributed by atoms with van der Waals surface area (Å²) in [4.78, 5) is 41.5. The molecule has 1 aromatic rings. The molecule has 0 aromatic heterocycles. The number of carbonyl (C=O) groups is 3. The van der Waals surface area contributed by atoms with Gasteiger partial charge in [-0.25, -0.2) is 9.59 Å². The largest absolute Gasteiger partial charge is 0.457 e. The van der Waals surface area contributed by atoms with E-state index in [4.69, 9.17) is 14.2 Å². The Morgan fingerprint density at radius 1 is 1.06 bits per heavy atom. The Balaban J connectivity index is 1.21. The van der Waals surface area contributed by atoms with Gasteiger partial charge < -0.3 is 24.2 Å². The van der Waals surface area contributed by atoms with Crippen molar-refractivity contribution in [2.24, 2.45) is 5.41 Å². The highest BCUT2D eigenvalue weighted by atomic mass is 16.5. The van der Waals surface area contributed by atoms with Crippen molar-refractivity contribution in [1.82, 2.24) is 9.80 Å². The van der Waals surface area contributed by atoms with Gasteiger partial charge in [0.15, 0.2) is 0 Å². The van der Waals surface area contributed by atoms with Crippen LogP contribution in [-0.2, 0) is 30.4 Å². The predicted molar refractivity (Wildman–Crippen MR) is 122 cm³/mol. The minimum absolute atomic E-state index is 0.0252. The summed E-state index contributed by atoms with van der Waals surface area (Å²) in [6, 6.07) is 3.61. The van der Waals surface area contributed by atoms with Crippen molar-refractivity contribution in [3.63, 3.8) is 0 Å². The van der Waals surface area contributed by atoms with E-state index in [9.17, 15) is 19.5 Å². The Bertz CT molecular complexity index is 1140. The Hall–Kier alpha value is -2.75. The lowest BCUT2D eigenvalue weighted by Gasteiger charge is -2.52. The minimum atomic E-state index is -0.724. The number of carbonyl (C=O) groups excluding carboxylic acids is 3. The van der Waals surface area contributed by atoms with E-state index in [0.29, 0.717) is 56.0 Å². The van der Waals surface area contributed by atoms with E-state index >= 15 is 0 Å².